The van der Waals surface area contributed by atoms with E-state index in [0.29, 0.717) is 51.1 Å². The largest absolute Gasteiger partial charge is 0.423 e. The summed E-state index contributed by atoms with van der Waals surface area (Å²) in [6.45, 7) is 4.68. The first kappa shape index (κ1) is 26.4. The second-order valence-corrected chi connectivity index (χ2v) is 9.21. The SMILES string of the molecule is C[C@@H](COC[C@@H]1CCCN1c1cn[nH]c(=O)c1C(F)(F)F)C(=O)N1CCN(c2ccc(C#N)cn2)CC1. The summed E-state index contributed by atoms with van der Waals surface area (Å²) in [5.41, 5.74) is -2.29. The molecule has 1 amide bonds. The van der Waals surface area contributed by atoms with Gasteiger partial charge in [-0.15, -0.1) is 0 Å². The zero-order valence-electron chi connectivity index (χ0n) is 20.4. The topological polar surface area (TPSA) is 118 Å². The molecule has 4 heterocycles. The Morgan fingerprint density at radius 1 is 1.24 bits per heavy atom. The van der Waals surface area contributed by atoms with Gasteiger partial charge in [0, 0.05) is 38.9 Å². The third-order valence-electron chi connectivity index (χ3n) is 6.70. The average molecular weight is 520 g/mol. The van der Waals surface area contributed by atoms with Crippen molar-refractivity contribution >= 4 is 17.4 Å². The molecule has 4 rings (SSSR count). The third kappa shape index (κ3) is 6.02. The number of anilines is 2. The number of nitrogens with one attached hydrogen (secondary N) is 1. The molecule has 2 aliphatic heterocycles. The molecule has 2 fully saturated rings. The Bertz CT molecular complexity index is 1190. The molecule has 2 aromatic rings. The zero-order valence-corrected chi connectivity index (χ0v) is 20.4. The van der Waals surface area contributed by atoms with E-state index in [1.807, 2.05) is 11.2 Å². The lowest BCUT2D eigenvalue weighted by Gasteiger charge is -2.36. The maximum absolute atomic E-state index is 13.5. The predicted octanol–water partition coefficient (Wildman–Crippen LogP) is 2.03. The van der Waals surface area contributed by atoms with Gasteiger partial charge in [-0.2, -0.15) is 23.5 Å². The Labute approximate surface area is 211 Å². The number of pyridine rings is 1. The molecule has 0 saturated carbocycles. The van der Waals surface area contributed by atoms with Crippen LogP contribution in [0.25, 0.3) is 0 Å². The highest BCUT2D eigenvalue weighted by Crippen LogP contribution is 2.36. The molecule has 0 spiro atoms. The van der Waals surface area contributed by atoms with Crippen molar-refractivity contribution in [2.24, 2.45) is 5.92 Å². The van der Waals surface area contributed by atoms with Crippen molar-refractivity contribution in [3.8, 4) is 6.07 Å². The fourth-order valence-corrected chi connectivity index (χ4v) is 4.77. The van der Waals surface area contributed by atoms with Crippen LogP contribution in [0.2, 0.25) is 0 Å². The summed E-state index contributed by atoms with van der Waals surface area (Å²) in [7, 11) is 0. The molecule has 1 N–H and O–H groups in total. The molecule has 13 heteroatoms. The number of halogens is 3. The molecular weight excluding hydrogens is 491 g/mol. The average Bonchev–Trinajstić information content (AvgIpc) is 3.36. The van der Waals surface area contributed by atoms with Gasteiger partial charge in [-0.1, -0.05) is 6.92 Å². The molecule has 2 aromatic heterocycles. The maximum Gasteiger partial charge on any atom is 0.423 e. The number of aromatic amines is 1. The highest BCUT2D eigenvalue weighted by Gasteiger charge is 2.40. The van der Waals surface area contributed by atoms with Crippen LogP contribution in [-0.4, -0.2) is 78.0 Å². The van der Waals surface area contributed by atoms with Crippen LogP contribution in [0.1, 0.15) is 30.9 Å². The Kier molecular flexibility index (Phi) is 7.97. The number of hydrogen-bond acceptors (Lipinski definition) is 8. The molecule has 10 nitrogen and oxygen atoms in total. The minimum atomic E-state index is -4.80. The summed E-state index contributed by atoms with van der Waals surface area (Å²) in [5, 5.41) is 14.3. The quantitative estimate of drug-likeness (QED) is 0.591. The number of H-pyrrole nitrogens is 1. The molecule has 0 bridgehead atoms. The lowest BCUT2D eigenvalue weighted by molar-refractivity contribution is -0.139. The molecule has 2 aliphatic rings. The number of nitriles is 1. The predicted molar refractivity (Wildman–Crippen MR) is 128 cm³/mol. The fraction of sp³-hybridized carbons (Fsp3) is 0.542. The lowest BCUT2D eigenvalue weighted by Crippen LogP contribution is -2.50. The summed E-state index contributed by atoms with van der Waals surface area (Å²) in [6.07, 6.45) is -0.987. The number of carbonyl (C=O) groups is 1. The van der Waals surface area contributed by atoms with Crippen LogP contribution in [0.15, 0.2) is 29.3 Å². The standard InChI is InChI=1S/C24H28F3N7O3/c1-16(23(36)33-9-7-32(8-10-33)20-5-4-17(11-28)12-29-20)14-37-15-18-3-2-6-34(18)19-13-30-31-22(35)21(19)24(25,26)27/h4-5,12-13,16,18H,2-3,6-10,14-15H2,1H3,(H,31,35)/t16-,18-/m0/s1. The van der Waals surface area contributed by atoms with Crippen molar-refractivity contribution in [1.82, 2.24) is 20.1 Å². The number of piperazine rings is 1. The molecule has 0 aliphatic carbocycles. The van der Waals surface area contributed by atoms with Gasteiger partial charge in [0.1, 0.15) is 17.5 Å². The summed E-state index contributed by atoms with van der Waals surface area (Å²) in [6, 6.07) is 5.18. The van der Waals surface area contributed by atoms with E-state index >= 15 is 0 Å². The van der Waals surface area contributed by atoms with Gasteiger partial charge in [-0.25, -0.2) is 10.1 Å². The number of rotatable bonds is 7. The first-order chi connectivity index (χ1) is 17.7. The van der Waals surface area contributed by atoms with Crippen LogP contribution in [-0.2, 0) is 15.7 Å². The number of nitrogens with zero attached hydrogens (tertiary/aromatic N) is 6. The van der Waals surface area contributed by atoms with Crippen LogP contribution in [0.4, 0.5) is 24.7 Å². The third-order valence-corrected chi connectivity index (χ3v) is 6.70. The Hall–Kier alpha value is -3.66. The maximum atomic E-state index is 13.5. The highest BCUT2D eigenvalue weighted by atomic mass is 19.4. The van der Waals surface area contributed by atoms with E-state index in [9.17, 15) is 22.8 Å². The highest BCUT2D eigenvalue weighted by molar-refractivity contribution is 5.79. The lowest BCUT2D eigenvalue weighted by atomic mass is 10.1. The molecule has 2 atom stereocenters. The molecule has 37 heavy (non-hydrogen) atoms. The van der Waals surface area contributed by atoms with E-state index in [0.717, 1.165) is 12.0 Å². The van der Waals surface area contributed by atoms with Gasteiger partial charge in [-0.3, -0.25) is 9.59 Å². The fourth-order valence-electron chi connectivity index (χ4n) is 4.77. The molecule has 0 unspecified atom stereocenters. The van der Waals surface area contributed by atoms with Crippen LogP contribution < -0.4 is 15.4 Å². The normalized spacial score (nSPS) is 19.1. The summed E-state index contributed by atoms with van der Waals surface area (Å²) in [4.78, 5) is 34.4. The second-order valence-electron chi connectivity index (χ2n) is 9.21. The first-order valence-corrected chi connectivity index (χ1v) is 12.1. The van der Waals surface area contributed by atoms with Gasteiger partial charge >= 0.3 is 6.18 Å². The van der Waals surface area contributed by atoms with Crippen LogP contribution >= 0.6 is 0 Å². The van der Waals surface area contributed by atoms with Crippen molar-refractivity contribution in [1.29, 1.82) is 5.26 Å². The minimum absolute atomic E-state index is 0.0473. The summed E-state index contributed by atoms with van der Waals surface area (Å²) < 4.78 is 46.3. The second kappa shape index (κ2) is 11.2. The summed E-state index contributed by atoms with van der Waals surface area (Å²) >= 11 is 0. The smallest absolute Gasteiger partial charge is 0.379 e. The van der Waals surface area contributed by atoms with Crippen LogP contribution in [0, 0.1) is 17.2 Å². The Morgan fingerprint density at radius 3 is 2.65 bits per heavy atom. The molecular formula is C24H28F3N7O3. The Balaban J connectivity index is 1.28. The molecule has 198 valence electrons. The monoisotopic (exact) mass is 519 g/mol. The van der Waals surface area contributed by atoms with Gasteiger partial charge < -0.3 is 19.4 Å². The molecule has 0 radical (unpaired) electrons. The van der Waals surface area contributed by atoms with E-state index in [4.69, 9.17) is 10.00 Å². The van der Waals surface area contributed by atoms with Gasteiger partial charge in [-0.05, 0) is 25.0 Å². The van der Waals surface area contributed by atoms with E-state index < -0.39 is 23.2 Å². The van der Waals surface area contributed by atoms with Gasteiger partial charge in [0.25, 0.3) is 5.56 Å². The van der Waals surface area contributed by atoms with Crippen LogP contribution in [0.3, 0.4) is 0 Å². The van der Waals surface area contributed by atoms with Crippen LogP contribution in [0.5, 0.6) is 0 Å². The van der Waals surface area contributed by atoms with E-state index in [2.05, 4.69) is 15.0 Å². The zero-order chi connectivity index (χ0) is 26.6. The van der Waals surface area contributed by atoms with Gasteiger partial charge in [0.2, 0.25) is 5.91 Å². The number of aromatic nitrogens is 3. The number of amides is 1. The minimum Gasteiger partial charge on any atom is -0.379 e. The number of ether oxygens (including phenoxy) is 1. The number of alkyl halides is 3. The number of hydrogen-bond donors (Lipinski definition) is 1. The van der Waals surface area contributed by atoms with E-state index in [1.165, 1.54) is 11.1 Å². The van der Waals surface area contributed by atoms with Crippen molar-refractivity contribution in [2.45, 2.75) is 32.0 Å². The van der Waals surface area contributed by atoms with Crippen molar-refractivity contribution in [2.75, 3.05) is 55.7 Å². The number of carbonyl (C=O) groups excluding carboxylic acids is 1. The van der Waals surface area contributed by atoms with Gasteiger partial charge in [0.15, 0.2) is 0 Å². The Morgan fingerprint density at radius 2 is 2.00 bits per heavy atom. The van der Waals surface area contributed by atoms with E-state index in [1.54, 1.807) is 24.0 Å². The first-order valence-electron chi connectivity index (χ1n) is 12.1. The van der Waals surface area contributed by atoms with Crippen molar-refractivity contribution in [3.63, 3.8) is 0 Å². The van der Waals surface area contributed by atoms with Crippen molar-refractivity contribution < 1.29 is 22.7 Å². The van der Waals surface area contributed by atoms with Crippen molar-refractivity contribution in [3.05, 3.63) is 46.0 Å². The molecule has 2 saturated heterocycles. The van der Waals surface area contributed by atoms with E-state index in [-0.39, 0.29) is 30.9 Å². The summed E-state index contributed by atoms with van der Waals surface area (Å²) in [5.74, 6) is 0.295. The van der Waals surface area contributed by atoms with Gasteiger partial charge in [0.05, 0.1) is 42.6 Å². The molecule has 0 aromatic carbocycles.